The van der Waals surface area contributed by atoms with E-state index in [2.05, 4.69) is 5.32 Å². The Balaban J connectivity index is 2.17. The summed E-state index contributed by atoms with van der Waals surface area (Å²) in [4.78, 5) is 12.4. The van der Waals surface area contributed by atoms with Crippen molar-refractivity contribution in [3.63, 3.8) is 0 Å². The summed E-state index contributed by atoms with van der Waals surface area (Å²) < 4.78 is 86.0. The molecule has 0 radical (unpaired) electrons. The number of benzene rings is 3. The van der Waals surface area contributed by atoms with Crippen LogP contribution in [0.1, 0.15) is 47.8 Å². The number of halogens is 4. The number of carbonyl (C=O) groups is 1. The molecule has 0 saturated heterocycles. The van der Waals surface area contributed by atoms with Gasteiger partial charge in [-0.1, -0.05) is 50.1 Å². The number of hydrogen-bond donors (Lipinski definition) is 3. The first-order valence-corrected chi connectivity index (χ1v) is 14.5. The van der Waals surface area contributed by atoms with E-state index in [1.807, 2.05) is 6.92 Å². The van der Waals surface area contributed by atoms with Gasteiger partial charge in [-0.25, -0.2) is 16.9 Å². The van der Waals surface area contributed by atoms with Crippen molar-refractivity contribution in [1.82, 2.24) is 0 Å². The normalized spacial score (nSPS) is 13.2. The van der Waals surface area contributed by atoms with Crippen LogP contribution in [-0.4, -0.2) is 33.7 Å². The van der Waals surface area contributed by atoms with E-state index in [0.717, 1.165) is 15.9 Å². The molecular formula is C26H26ClF3N2O6S2. The van der Waals surface area contributed by atoms with Crippen LogP contribution in [0.2, 0.25) is 5.02 Å². The molecule has 0 fully saturated rings. The summed E-state index contributed by atoms with van der Waals surface area (Å²) >= 11 is 3.43. The summed E-state index contributed by atoms with van der Waals surface area (Å²) in [5, 5.41) is 13.0. The van der Waals surface area contributed by atoms with E-state index in [1.54, 1.807) is 45.0 Å². The molecule has 14 heteroatoms. The number of anilines is 3. The van der Waals surface area contributed by atoms with Crippen molar-refractivity contribution in [2.24, 2.45) is 0 Å². The Bertz CT molecular complexity index is 1600. The summed E-state index contributed by atoms with van der Waals surface area (Å²) in [6.45, 7) is 8.56. The van der Waals surface area contributed by atoms with Gasteiger partial charge < -0.3 is 10.4 Å². The minimum atomic E-state index is -5.68. The predicted octanol–water partition coefficient (Wildman–Crippen LogP) is 6.78. The molecule has 3 aromatic rings. The lowest BCUT2D eigenvalue weighted by molar-refractivity contribution is -0.0436. The zero-order valence-corrected chi connectivity index (χ0v) is 24.3. The number of aromatic hydroxyl groups is 1. The molecule has 0 aliphatic rings. The molecule has 40 heavy (non-hydrogen) atoms. The molecule has 3 rings (SSSR count). The lowest BCUT2D eigenvalue weighted by Crippen LogP contribution is -2.25. The summed E-state index contributed by atoms with van der Waals surface area (Å²) in [6, 6.07) is 10.3. The molecule has 0 saturated carbocycles. The number of alkyl halides is 3. The van der Waals surface area contributed by atoms with Gasteiger partial charge in [0.2, 0.25) is 0 Å². The van der Waals surface area contributed by atoms with E-state index in [-0.39, 0.29) is 28.1 Å². The smallest absolute Gasteiger partial charge is 0.501 e. The summed E-state index contributed by atoms with van der Waals surface area (Å²) in [6.07, 6.45) is 0. The lowest BCUT2D eigenvalue weighted by atomic mass is 9.83. The minimum absolute atomic E-state index is 0.110. The average molecular weight is 619 g/mol. The molecule has 1 amide bonds. The maximum atomic E-state index is 13.5. The van der Waals surface area contributed by atoms with Gasteiger partial charge in [-0.2, -0.15) is 13.2 Å². The highest BCUT2D eigenvalue weighted by Crippen LogP contribution is 2.43. The van der Waals surface area contributed by atoms with Crippen LogP contribution in [-0.2, 0) is 26.5 Å². The van der Waals surface area contributed by atoms with Crippen molar-refractivity contribution >= 4 is 55.7 Å². The molecule has 0 aliphatic carbocycles. The van der Waals surface area contributed by atoms with E-state index in [1.165, 1.54) is 13.0 Å². The number of rotatable bonds is 6. The topological polar surface area (TPSA) is 124 Å². The lowest BCUT2D eigenvalue weighted by Gasteiger charge is -2.29. The second-order valence-corrected chi connectivity index (χ2v) is 13.1. The number of carbonyl (C=O) groups excluding carboxylic acids is 1. The fourth-order valence-electron chi connectivity index (χ4n) is 3.89. The van der Waals surface area contributed by atoms with Crippen molar-refractivity contribution in [1.29, 1.82) is 0 Å². The Morgan fingerprint density at radius 3 is 2.08 bits per heavy atom. The van der Waals surface area contributed by atoms with Gasteiger partial charge in [-0.05, 0) is 61.2 Å². The Labute approximate surface area is 237 Å². The zero-order valence-electron chi connectivity index (χ0n) is 21.9. The Hall–Kier alpha value is -3.13. The largest absolute Gasteiger partial charge is 0.507 e. The number of hydrogen-bond acceptors (Lipinski definition) is 5. The summed E-state index contributed by atoms with van der Waals surface area (Å²) in [7, 11) is -5.68. The first-order chi connectivity index (χ1) is 18.3. The van der Waals surface area contributed by atoms with Gasteiger partial charge in [-0.15, -0.1) is 0 Å². The molecule has 1 unspecified atom stereocenters. The van der Waals surface area contributed by atoms with Crippen LogP contribution in [0.15, 0.2) is 53.4 Å². The summed E-state index contributed by atoms with van der Waals surface area (Å²) in [5.74, 6) is -1.37. The minimum Gasteiger partial charge on any atom is -0.507 e. The highest BCUT2D eigenvalue weighted by molar-refractivity contribution is 7.92. The third-order valence-corrected chi connectivity index (χ3v) is 8.53. The second-order valence-electron chi connectivity index (χ2n) is 9.95. The molecule has 0 aromatic heterocycles. The SMILES string of the molecule is Cc1ccc(N(c2cc(C(C)(C)C)c(O)c(C(=O)Nc3ccc(S(=O)(=O)C(F)(F)F)cc3Cl)c2C)S(=O)O)cc1. The fraction of sp³-hybridized carbons (Fsp3) is 0.269. The summed E-state index contributed by atoms with van der Waals surface area (Å²) in [5.41, 5.74) is -5.07. The average Bonchev–Trinajstić information content (AvgIpc) is 2.81. The predicted molar refractivity (Wildman–Crippen MR) is 148 cm³/mol. The number of nitrogens with one attached hydrogen (secondary N) is 1. The first-order valence-electron chi connectivity index (χ1n) is 11.5. The quantitative estimate of drug-likeness (QED) is 0.262. The zero-order chi connectivity index (χ0) is 30.4. The molecule has 1 atom stereocenters. The maximum Gasteiger partial charge on any atom is 0.501 e. The van der Waals surface area contributed by atoms with Gasteiger partial charge in [0, 0.05) is 5.56 Å². The Kier molecular flexibility index (Phi) is 8.66. The number of aryl methyl sites for hydroxylation is 1. The van der Waals surface area contributed by atoms with Gasteiger partial charge in [0.1, 0.15) is 5.75 Å². The van der Waals surface area contributed by atoms with Gasteiger partial charge in [0.25, 0.3) is 27.0 Å². The molecule has 216 valence electrons. The second kappa shape index (κ2) is 11.0. The molecule has 8 nitrogen and oxygen atoms in total. The molecule has 3 aromatic carbocycles. The number of sulfone groups is 1. The van der Waals surface area contributed by atoms with Crippen LogP contribution in [0.25, 0.3) is 0 Å². The molecule has 0 aliphatic heterocycles. The molecule has 3 N–H and O–H groups in total. The Morgan fingerprint density at radius 2 is 1.60 bits per heavy atom. The van der Waals surface area contributed by atoms with Crippen LogP contribution < -0.4 is 9.62 Å². The van der Waals surface area contributed by atoms with Crippen molar-refractivity contribution in [3.05, 3.63) is 75.8 Å². The highest BCUT2D eigenvalue weighted by Gasteiger charge is 2.47. The van der Waals surface area contributed by atoms with Crippen molar-refractivity contribution in [3.8, 4) is 5.75 Å². The first kappa shape index (κ1) is 31.4. The van der Waals surface area contributed by atoms with Crippen LogP contribution in [0, 0.1) is 13.8 Å². The van der Waals surface area contributed by atoms with E-state index in [0.29, 0.717) is 17.8 Å². The van der Waals surface area contributed by atoms with Gasteiger partial charge >= 0.3 is 5.51 Å². The monoisotopic (exact) mass is 618 g/mol. The third kappa shape index (κ3) is 6.12. The van der Waals surface area contributed by atoms with Crippen molar-refractivity contribution < 1.29 is 40.3 Å². The van der Waals surface area contributed by atoms with E-state index >= 15 is 0 Å². The highest BCUT2D eigenvalue weighted by atomic mass is 35.5. The number of phenols is 1. The van der Waals surface area contributed by atoms with E-state index < -0.39 is 53.6 Å². The van der Waals surface area contributed by atoms with Gasteiger partial charge in [0.05, 0.1) is 32.5 Å². The van der Waals surface area contributed by atoms with Crippen molar-refractivity contribution in [2.75, 3.05) is 9.62 Å². The number of amides is 1. The third-order valence-electron chi connectivity index (χ3n) is 6.01. The fourth-order valence-corrected chi connectivity index (χ4v) is 5.63. The van der Waals surface area contributed by atoms with Crippen LogP contribution in [0.5, 0.6) is 5.75 Å². The maximum absolute atomic E-state index is 13.5. The number of nitrogens with zero attached hydrogens (tertiary/aromatic N) is 1. The van der Waals surface area contributed by atoms with E-state index in [4.69, 9.17) is 11.6 Å². The van der Waals surface area contributed by atoms with Gasteiger partial charge in [-0.3, -0.25) is 9.35 Å². The van der Waals surface area contributed by atoms with Crippen LogP contribution in [0.4, 0.5) is 30.2 Å². The molecular weight excluding hydrogens is 593 g/mol. The van der Waals surface area contributed by atoms with Crippen LogP contribution in [0.3, 0.4) is 0 Å². The van der Waals surface area contributed by atoms with E-state index in [9.17, 15) is 40.3 Å². The van der Waals surface area contributed by atoms with Gasteiger partial charge in [0.15, 0.2) is 0 Å². The molecule has 0 heterocycles. The molecule has 0 spiro atoms. The van der Waals surface area contributed by atoms with Crippen molar-refractivity contribution in [2.45, 2.75) is 50.4 Å². The van der Waals surface area contributed by atoms with Crippen LogP contribution >= 0.6 is 11.6 Å². The number of phenolic OH excluding ortho intramolecular Hbond substituents is 1. The standard InChI is InChI=1S/C26H26ClF3N2O6S2/c1-14-6-8-16(9-7-14)32(39(35)36)21-13-18(25(3,4)5)23(33)22(15(21)2)24(34)31-20-11-10-17(12-19(20)27)40(37,38)26(28,29)30/h6-13,33H,1-5H3,(H,31,34)(H,35,36). The Morgan fingerprint density at radius 1 is 1.02 bits per heavy atom. The molecule has 0 bridgehead atoms.